The molecule has 0 fully saturated rings. The third-order valence-electron chi connectivity index (χ3n) is 4.28. The van der Waals surface area contributed by atoms with Gasteiger partial charge in [0.1, 0.15) is 6.10 Å². The van der Waals surface area contributed by atoms with E-state index in [0.29, 0.717) is 0 Å². The number of carbonyl (C=O) groups is 1. The lowest BCUT2D eigenvalue weighted by molar-refractivity contribution is -0.137. The first-order valence-corrected chi connectivity index (χ1v) is 8.53. The van der Waals surface area contributed by atoms with Gasteiger partial charge in [-0.25, -0.2) is 13.8 Å². The maximum Gasteiger partial charge on any atom is 0.416 e. The van der Waals surface area contributed by atoms with E-state index in [1.165, 1.54) is 36.7 Å². The molecule has 0 spiro atoms. The van der Waals surface area contributed by atoms with Crippen LogP contribution in [0.15, 0.2) is 54.9 Å². The molecule has 1 aromatic heterocycles. The van der Waals surface area contributed by atoms with E-state index in [9.17, 15) is 31.9 Å². The highest BCUT2D eigenvalue weighted by Gasteiger charge is 2.34. The van der Waals surface area contributed by atoms with Crippen LogP contribution in [0.3, 0.4) is 0 Å². The van der Waals surface area contributed by atoms with E-state index < -0.39 is 36.7 Å². The number of hydrogen-bond donors (Lipinski definition) is 1. The molecule has 1 amide bonds. The van der Waals surface area contributed by atoms with E-state index in [0.717, 1.165) is 22.2 Å². The first kappa shape index (κ1) is 20.7. The molecule has 1 N–H and O–H groups in total. The number of hydrogen-bond acceptors (Lipinski definition) is 4. The van der Waals surface area contributed by atoms with Gasteiger partial charge in [0.25, 0.3) is 6.43 Å². The van der Waals surface area contributed by atoms with Gasteiger partial charge in [-0.05, 0) is 35.9 Å². The summed E-state index contributed by atoms with van der Waals surface area (Å²) < 4.78 is 64.5. The average Bonchev–Trinajstić information content (AvgIpc) is 2.68. The van der Waals surface area contributed by atoms with Crippen LogP contribution in [0.2, 0.25) is 0 Å². The fourth-order valence-corrected chi connectivity index (χ4v) is 2.91. The van der Waals surface area contributed by atoms with Crippen molar-refractivity contribution in [2.24, 2.45) is 0 Å². The summed E-state index contributed by atoms with van der Waals surface area (Å²) in [5.74, 6) is -0.463. The van der Waals surface area contributed by atoms with Crippen LogP contribution >= 0.6 is 0 Å². The summed E-state index contributed by atoms with van der Waals surface area (Å²) in [5, 5.41) is 11.9. The number of carbonyl (C=O) groups excluding carboxylic acids is 1. The van der Waals surface area contributed by atoms with Crippen LogP contribution in [-0.2, 0) is 11.0 Å². The Balaban J connectivity index is 2.02. The summed E-state index contributed by atoms with van der Waals surface area (Å²) >= 11 is 0. The molecule has 0 saturated heterocycles. The van der Waals surface area contributed by atoms with E-state index >= 15 is 0 Å². The lowest BCUT2D eigenvalue weighted by Gasteiger charge is -2.41. The first-order valence-electron chi connectivity index (χ1n) is 8.53. The van der Waals surface area contributed by atoms with Crippen LogP contribution in [0.4, 0.5) is 27.6 Å². The molecule has 3 rings (SSSR count). The predicted molar refractivity (Wildman–Crippen MR) is 94.5 cm³/mol. The van der Waals surface area contributed by atoms with Crippen LogP contribution in [0.1, 0.15) is 17.5 Å². The molecule has 1 aromatic carbocycles. The van der Waals surface area contributed by atoms with Crippen LogP contribution in [0.25, 0.3) is 5.70 Å². The van der Waals surface area contributed by atoms with E-state index in [1.54, 1.807) is 6.07 Å². The Morgan fingerprint density at radius 3 is 2.38 bits per heavy atom. The summed E-state index contributed by atoms with van der Waals surface area (Å²) in [6, 6.07) is 7.18. The van der Waals surface area contributed by atoms with Crippen molar-refractivity contribution in [2.45, 2.75) is 25.1 Å². The van der Waals surface area contributed by atoms with Gasteiger partial charge in [-0.1, -0.05) is 12.1 Å². The molecule has 10 heteroatoms. The van der Waals surface area contributed by atoms with Gasteiger partial charge < -0.3 is 5.11 Å². The van der Waals surface area contributed by atoms with Gasteiger partial charge >= 0.3 is 6.18 Å². The molecule has 0 aliphatic carbocycles. The van der Waals surface area contributed by atoms with Crippen LogP contribution in [0, 0.1) is 0 Å². The molecule has 0 bridgehead atoms. The minimum absolute atomic E-state index is 0.105. The SMILES string of the molecule is O=C1CC=C(c2ccc(C(F)(F)F)cc2)N(CC(O)C(F)F)N1c1cccnc1. The van der Waals surface area contributed by atoms with Crippen molar-refractivity contribution in [2.75, 3.05) is 11.6 Å². The van der Waals surface area contributed by atoms with Gasteiger partial charge in [0.05, 0.1) is 29.7 Å². The normalized spacial score (nSPS) is 16.2. The molecule has 5 nitrogen and oxygen atoms in total. The van der Waals surface area contributed by atoms with Gasteiger partial charge in [-0.3, -0.25) is 14.8 Å². The summed E-state index contributed by atoms with van der Waals surface area (Å²) in [5.41, 5.74) is -0.0868. The van der Waals surface area contributed by atoms with E-state index in [1.807, 2.05) is 0 Å². The number of anilines is 1. The quantitative estimate of drug-likeness (QED) is 0.760. The summed E-state index contributed by atoms with van der Waals surface area (Å²) in [6.45, 7) is -0.648. The minimum atomic E-state index is -4.53. The zero-order valence-corrected chi connectivity index (χ0v) is 14.9. The monoisotopic (exact) mass is 413 g/mol. The number of aromatic nitrogens is 1. The van der Waals surface area contributed by atoms with Crippen molar-refractivity contribution in [1.29, 1.82) is 0 Å². The number of aliphatic hydroxyl groups is 1. The second kappa shape index (κ2) is 8.16. The Bertz CT molecular complexity index is 885. The highest BCUT2D eigenvalue weighted by Crippen LogP contribution is 2.34. The number of rotatable bonds is 5. The van der Waals surface area contributed by atoms with Crippen molar-refractivity contribution in [3.05, 3.63) is 66.0 Å². The number of benzene rings is 1. The fraction of sp³-hybridized carbons (Fsp3) is 0.263. The second-order valence-corrected chi connectivity index (χ2v) is 6.27. The molecule has 1 unspecified atom stereocenters. The number of amides is 1. The summed E-state index contributed by atoms with van der Waals surface area (Å²) in [6.07, 6.45) is -5.56. The highest BCUT2D eigenvalue weighted by molar-refractivity contribution is 5.97. The third-order valence-corrected chi connectivity index (χ3v) is 4.28. The lowest BCUT2D eigenvalue weighted by Crippen LogP contribution is -2.51. The lowest BCUT2D eigenvalue weighted by atomic mass is 10.1. The van der Waals surface area contributed by atoms with E-state index in [2.05, 4.69) is 4.98 Å². The maximum atomic E-state index is 13.0. The zero-order valence-electron chi connectivity index (χ0n) is 14.9. The van der Waals surface area contributed by atoms with E-state index in [4.69, 9.17) is 0 Å². The molecule has 1 aliphatic heterocycles. The zero-order chi connectivity index (χ0) is 21.2. The molecular weight excluding hydrogens is 397 g/mol. The molecule has 1 aliphatic rings. The third kappa shape index (κ3) is 4.53. The van der Waals surface area contributed by atoms with Gasteiger partial charge in [0.2, 0.25) is 5.91 Å². The Labute approximate surface area is 162 Å². The topological polar surface area (TPSA) is 56.7 Å². The number of β-amino-alcohol motifs (C(OH)–C–C–N with tert-alkyl or cyclic N) is 1. The summed E-state index contributed by atoms with van der Waals surface area (Å²) in [4.78, 5) is 16.4. The van der Waals surface area contributed by atoms with Gasteiger partial charge in [-0.2, -0.15) is 13.2 Å². The number of hydrazine groups is 1. The molecule has 2 aromatic rings. The van der Waals surface area contributed by atoms with Crippen molar-refractivity contribution in [3.8, 4) is 0 Å². The Kier molecular flexibility index (Phi) is 5.83. The Morgan fingerprint density at radius 1 is 1.14 bits per heavy atom. The number of halogens is 5. The van der Waals surface area contributed by atoms with Crippen molar-refractivity contribution in [3.63, 3.8) is 0 Å². The number of pyridine rings is 1. The second-order valence-electron chi connectivity index (χ2n) is 6.27. The largest absolute Gasteiger partial charge is 0.416 e. The van der Waals surface area contributed by atoms with Crippen molar-refractivity contribution >= 4 is 17.3 Å². The molecule has 2 heterocycles. The Hall–Kier alpha value is -3.01. The number of alkyl halides is 5. The predicted octanol–water partition coefficient (Wildman–Crippen LogP) is 3.72. The maximum absolute atomic E-state index is 13.0. The smallest absolute Gasteiger partial charge is 0.385 e. The molecule has 29 heavy (non-hydrogen) atoms. The van der Waals surface area contributed by atoms with Gasteiger partial charge in [-0.15, -0.1) is 0 Å². The number of aliphatic hydroxyl groups excluding tert-OH is 1. The highest BCUT2D eigenvalue weighted by atomic mass is 19.4. The standard InChI is InChI=1S/C19H16F5N3O2/c20-18(21)16(28)11-26-15(12-3-5-13(6-4-12)19(22,23)24)7-8-17(29)27(26)14-2-1-9-25-10-14/h1-7,9-10,16,18,28H,8,11H2. The molecule has 0 radical (unpaired) electrons. The van der Waals surface area contributed by atoms with Crippen LogP contribution in [-0.4, -0.2) is 40.1 Å². The van der Waals surface area contributed by atoms with Crippen LogP contribution < -0.4 is 5.01 Å². The number of nitrogens with zero attached hydrogens (tertiary/aromatic N) is 3. The van der Waals surface area contributed by atoms with E-state index in [-0.39, 0.29) is 23.4 Å². The fourth-order valence-electron chi connectivity index (χ4n) is 2.91. The first-order chi connectivity index (χ1) is 13.7. The molecule has 1 atom stereocenters. The van der Waals surface area contributed by atoms with Crippen molar-refractivity contribution < 1.29 is 31.9 Å². The van der Waals surface area contributed by atoms with Crippen molar-refractivity contribution in [1.82, 2.24) is 9.99 Å². The Morgan fingerprint density at radius 2 is 1.83 bits per heavy atom. The average molecular weight is 413 g/mol. The minimum Gasteiger partial charge on any atom is -0.385 e. The molecule has 0 saturated carbocycles. The molecular formula is C19H16F5N3O2. The van der Waals surface area contributed by atoms with Gasteiger partial charge in [0.15, 0.2) is 0 Å². The van der Waals surface area contributed by atoms with Crippen LogP contribution in [0.5, 0.6) is 0 Å². The van der Waals surface area contributed by atoms with Gasteiger partial charge in [0, 0.05) is 12.6 Å². The summed E-state index contributed by atoms with van der Waals surface area (Å²) in [7, 11) is 0. The molecule has 154 valence electrons.